The molecule has 0 spiro atoms. The van der Waals surface area contributed by atoms with Crippen molar-refractivity contribution in [3.05, 3.63) is 12.7 Å². The van der Waals surface area contributed by atoms with Gasteiger partial charge in [0.25, 0.3) is 0 Å². The van der Waals surface area contributed by atoms with E-state index in [1.54, 1.807) is 0 Å². The van der Waals surface area contributed by atoms with Gasteiger partial charge in [-0.2, -0.15) is 0 Å². The Kier molecular flexibility index (Phi) is 3.98. The van der Waals surface area contributed by atoms with Crippen LogP contribution < -0.4 is 0 Å². The first-order valence-corrected chi connectivity index (χ1v) is 5.92. The van der Waals surface area contributed by atoms with E-state index in [2.05, 4.69) is 11.3 Å². The SMILES string of the molecule is C=CC(=O)OCC(=O)OC1CCC2CC1OC2O. The Morgan fingerprint density at radius 2 is 2.22 bits per heavy atom. The molecule has 2 aliphatic rings. The molecule has 0 aromatic carbocycles. The van der Waals surface area contributed by atoms with E-state index < -0.39 is 24.8 Å². The van der Waals surface area contributed by atoms with Gasteiger partial charge in [-0.3, -0.25) is 0 Å². The molecule has 6 heteroatoms. The van der Waals surface area contributed by atoms with E-state index in [0.717, 1.165) is 12.5 Å². The summed E-state index contributed by atoms with van der Waals surface area (Å²) >= 11 is 0. The Balaban J connectivity index is 1.77. The highest BCUT2D eigenvalue weighted by molar-refractivity contribution is 5.83. The number of ether oxygens (including phenoxy) is 3. The zero-order valence-electron chi connectivity index (χ0n) is 9.91. The minimum absolute atomic E-state index is 0.142. The maximum absolute atomic E-state index is 11.4. The molecule has 0 aromatic rings. The second-order valence-electron chi connectivity index (χ2n) is 4.48. The minimum atomic E-state index is -0.753. The monoisotopic (exact) mass is 256 g/mol. The fourth-order valence-corrected chi connectivity index (χ4v) is 2.35. The van der Waals surface area contributed by atoms with Crippen molar-refractivity contribution < 1.29 is 28.9 Å². The van der Waals surface area contributed by atoms with Gasteiger partial charge in [-0.25, -0.2) is 9.59 Å². The number of carbonyl (C=O) groups excluding carboxylic acids is 2. The van der Waals surface area contributed by atoms with Crippen molar-refractivity contribution in [2.45, 2.75) is 37.8 Å². The van der Waals surface area contributed by atoms with E-state index >= 15 is 0 Å². The highest BCUT2D eigenvalue weighted by atomic mass is 16.6. The van der Waals surface area contributed by atoms with Gasteiger partial charge in [-0.15, -0.1) is 0 Å². The largest absolute Gasteiger partial charge is 0.457 e. The van der Waals surface area contributed by atoms with Crippen LogP contribution in [0.3, 0.4) is 0 Å². The van der Waals surface area contributed by atoms with Gasteiger partial charge in [0.1, 0.15) is 6.10 Å². The number of aliphatic hydroxyl groups excluding tert-OH is 1. The van der Waals surface area contributed by atoms with E-state index in [-0.39, 0.29) is 18.1 Å². The van der Waals surface area contributed by atoms with Crippen LogP contribution in [0.4, 0.5) is 0 Å². The van der Waals surface area contributed by atoms with Crippen LogP contribution in [0.15, 0.2) is 12.7 Å². The van der Waals surface area contributed by atoms with Crippen molar-refractivity contribution in [3.63, 3.8) is 0 Å². The average Bonchev–Trinajstić information content (AvgIpc) is 2.66. The quantitative estimate of drug-likeness (QED) is 0.569. The lowest BCUT2D eigenvalue weighted by molar-refractivity contribution is -0.170. The smallest absolute Gasteiger partial charge is 0.344 e. The number of carbonyl (C=O) groups is 2. The molecule has 0 radical (unpaired) electrons. The molecule has 4 atom stereocenters. The molecule has 2 rings (SSSR count). The van der Waals surface area contributed by atoms with Crippen LogP contribution in [0, 0.1) is 5.92 Å². The van der Waals surface area contributed by atoms with Crippen LogP contribution in [0.25, 0.3) is 0 Å². The number of fused-ring (bicyclic) bond motifs is 2. The molecule has 18 heavy (non-hydrogen) atoms. The second kappa shape index (κ2) is 5.49. The van der Waals surface area contributed by atoms with Crippen molar-refractivity contribution in [3.8, 4) is 0 Å². The van der Waals surface area contributed by atoms with Gasteiger partial charge in [0.15, 0.2) is 12.9 Å². The molecule has 1 N–H and O–H groups in total. The van der Waals surface area contributed by atoms with Gasteiger partial charge in [0.2, 0.25) is 0 Å². The molecule has 1 saturated carbocycles. The maximum Gasteiger partial charge on any atom is 0.344 e. The first kappa shape index (κ1) is 13.0. The van der Waals surface area contributed by atoms with Gasteiger partial charge in [-0.05, 0) is 19.3 Å². The van der Waals surface area contributed by atoms with Gasteiger partial charge < -0.3 is 19.3 Å². The molecule has 2 bridgehead atoms. The van der Waals surface area contributed by atoms with Crippen molar-refractivity contribution in [1.29, 1.82) is 0 Å². The molecule has 1 aliphatic heterocycles. The lowest BCUT2D eigenvalue weighted by Gasteiger charge is -2.26. The lowest BCUT2D eigenvalue weighted by atomic mass is 9.88. The van der Waals surface area contributed by atoms with E-state index in [1.165, 1.54) is 0 Å². The van der Waals surface area contributed by atoms with E-state index in [1.807, 2.05) is 0 Å². The number of rotatable bonds is 4. The summed E-state index contributed by atoms with van der Waals surface area (Å²) < 4.78 is 15.1. The van der Waals surface area contributed by atoms with Crippen LogP contribution in [-0.2, 0) is 23.8 Å². The fraction of sp³-hybridized carbons (Fsp3) is 0.667. The summed E-state index contributed by atoms with van der Waals surface area (Å²) in [5.74, 6) is -1.13. The molecular weight excluding hydrogens is 240 g/mol. The highest BCUT2D eigenvalue weighted by Crippen LogP contribution is 2.38. The fourth-order valence-electron chi connectivity index (χ4n) is 2.35. The Morgan fingerprint density at radius 3 is 2.94 bits per heavy atom. The summed E-state index contributed by atoms with van der Waals surface area (Å²) in [6.07, 6.45) is 1.74. The number of aliphatic hydroxyl groups is 1. The molecule has 6 nitrogen and oxygen atoms in total. The van der Waals surface area contributed by atoms with Crippen molar-refractivity contribution in [2.24, 2.45) is 5.92 Å². The van der Waals surface area contributed by atoms with Crippen LogP contribution in [0.2, 0.25) is 0 Å². The molecule has 2 fully saturated rings. The van der Waals surface area contributed by atoms with Crippen LogP contribution in [0.1, 0.15) is 19.3 Å². The molecule has 100 valence electrons. The summed E-state index contributed by atoms with van der Waals surface area (Å²) in [5, 5.41) is 9.52. The summed E-state index contributed by atoms with van der Waals surface area (Å²) in [6.45, 7) is 2.79. The third-order valence-corrected chi connectivity index (χ3v) is 3.27. The van der Waals surface area contributed by atoms with Gasteiger partial charge in [-0.1, -0.05) is 6.58 Å². The Bertz CT molecular complexity index is 350. The molecule has 1 aliphatic carbocycles. The van der Waals surface area contributed by atoms with Crippen molar-refractivity contribution in [1.82, 2.24) is 0 Å². The van der Waals surface area contributed by atoms with Crippen molar-refractivity contribution >= 4 is 11.9 Å². The van der Waals surface area contributed by atoms with Gasteiger partial charge in [0, 0.05) is 12.0 Å². The van der Waals surface area contributed by atoms with E-state index in [0.29, 0.717) is 12.8 Å². The standard InChI is InChI=1S/C12H16O6/c1-2-10(13)16-6-11(14)17-8-4-3-7-5-9(8)18-12(7)15/h2,7-9,12,15H,1,3-6H2. The topological polar surface area (TPSA) is 82.1 Å². The minimum Gasteiger partial charge on any atom is -0.457 e. The predicted molar refractivity (Wildman–Crippen MR) is 59.3 cm³/mol. The second-order valence-corrected chi connectivity index (χ2v) is 4.48. The van der Waals surface area contributed by atoms with E-state index in [4.69, 9.17) is 9.47 Å². The summed E-state index contributed by atoms with van der Waals surface area (Å²) in [7, 11) is 0. The van der Waals surface area contributed by atoms with Crippen LogP contribution in [-0.4, -0.2) is 42.1 Å². The Morgan fingerprint density at radius 1 is 1.44 bits per heavy atom. The van der Waals surface area contributed by atoms with Crippen LogP contribution >= 0.6 is 0 Å². The first-order chi connectivity index (χ1) is 8.60. The van der Waals surface area contributed by atoms with Crippen LogP contribution in [0.5, 0.6) is 0 Å². The highest BCUT2D eigenvalue weighted by Gasteiger charge is 2.44. The number of hydrogen-bond acceptors (Lipinski definition) is 6. The molecule has 4 unspecified atom stereocenters. The molecule has 1 saturated heterocycles. The summed E-state index contributed by atoms with van der Waals surface area (Å²) in [6, 6.07) is 0. The summed E-state index contributed by atoms with van der Waals surface area (Å²) in [4.78, 5) is 22.2. The molecular formula is C12H16O6. The van der Waals surface area contributed by atoms with Gasteiger partial charge in [0.05, 0.1) is 6.10 Å². The van der Waals surface area contributed by atoms with Gasteiger partial charge >= 0.3 is 11.9 Å². The maximum atomic E-state index is 11.4. The van der Waals surface area contributed by atoms with Crippen molar-refractivity contribution in [2.75, 3.05) is 6.61 Å². The first-order valence-electron chi connectivity index (χ1n) is 5.92. The summed E-state index contributed by atoms with van der Waals surface area (Å²) in [5.41, 5.74) is 0. The zero-order chi connectivity index (χ0) is 13.1. The molecule has 1 heterocycles. The normalized spacial score (nSPS) is 33.8. The third kappa shape index (κ3) is 2.88. The lowest BCUT2D eigenvalue weighted by Crippen LogP contribution is -2.34. The average molecular weight is 256 g/mol. The zero-order valence-corrected chi connectivity index (χ0v) is 9.91. The van der Waals surface area contributed by atoms with E-state index in [9.17, 15) is 14.7 Å². The third-order valence-electron chi connectivity index (χ3n) is 3.27. The predicted octanol–water partition coefficient (Wildman–Crippen LogP) is 0.145. The Hall–Kier alpha value is -1.40. The number of hydrogen-bond donors (Lipinski definition) is 1. The number of esters is 2. The molecule has 0 aromatic heterocycles. The molecule has 0 amide bonds. The Labute approximate surface area is 105 Å².